The molecule has 0 saturated carbocycles. The molecule has 1 saturated heterocycles. The number of nitrogens with zero attached hydrogens (tertiary/aromatic N) is 1. The van der Waals surface area contributed by atoms with Crippen LogP contribution in [-0.4, -0.2) is 32.8 Å². The second-order valence-electron chi connectivity index (χ2n) is 6.26. The van der Waals surface area contributed by atoms with E-state index >= 15 is 0 Å². The highest BCUT2D eigenvalue weighted by Crippen LogP contribution is 2.35. The molecule has 1 fully saturated rings. The third-order valence-corrected chi connectivity index (χ3v) is 5.83. The molecule has 142 valence electrons. The maximum absolute atomic E-state index is 6.24. The molecule has 2 N–H and O–H groups in total. The van der Waals surface area contributed by atoms with E-state index in [-0.39, 0.29) is 29.4 Å². The van der Waals surface area contributed by atoms with Gasteiger partial charge in [-0.3, -0.25) is 4.99 Å². The normalized spacial score (nSPS) is 16.6. The van der Waals surface area contributed by atoms with Gasteiger partial charge in [-0.1, -0.05) is 29.8 Å². The molecule has 0 bridgehead atoms. The predicted molar refractivity (Wildman–Crippen MR) is 121 cm³/mol. The molecule has 0 amide bonds. The minimum absolute atomic E-state index is 0. The Hall–Kier alpha value is -0.830. The van der Waals surface area contributed by atoms with Crippen molar-refractivity contribution in [2.24, 2.45) is 4.99 Å². The smallest absolute Gasteiger partial charge is 0.191 e. The van der Waals surface area contributed by atoms with E-state index in [0.29, 0.717) is 0 Å². The molecule has 1 aliphatic heterocycles. The third-order valence-electron chi connectivity index (χ3n) is 4.71. The van der Waals surface area contributed by atoms with Crippen LogP contribution >= 0.6 is 46.9 Å². The van der Waals surface area contributed by atoms with Crippen LogP contribution in [0.5, 0.6) is 0 Å². The maximum atomic E-state index is 6.24. The predicted octanol–water partition coefficient (Wildman–Crippen LogP) is 4.43. The SMILES string of the molecule is CN=C(NCc1cccs1)NCC1(c2cccc(Cl)c2)CCOCC1.I. The van der Waals surface area contributed by atoms with E-state index in [1.165, 1.54) is 10.4 Å². The first kappa shape index (κ1) is 21.5. The van der Waals surface area contributed by atoms with E-state index in [0.717, 1.165) is 50.1 Å². The highest BCUT2D eigenvalue weighted by molar-refractivity contribution is 14.0. The van der Waals surface area contributed by atoms with Crippen molar-refractivity contribution in [2.75, 3.05) is 26.8 Å². The molecular formula is C19H25ClIN3OS. The molecule has 2 aromatic rings. The van der Waals surface area contributed by atoms with Gasteiger partial charge >= 0.3 is 0 Å². The fraction of sp³-hybridized carbons (Fsp3) is 0.421. The summed E-state index contributed by atoms with van der Waals surface area (Å²) in [5.41, 5.74) is 1.29. The van der Waals surface area contributed by atoms with Crippen LogP contribution in [0.1, 0.15) is 23.3 Å². The zero-order chi connectivity index (χ0) is 17.5. The van der Waals surface area contributed by atoms with Gasteiger partial charge in [0, 0.05) is 42.1 Å². The zero-order valence-corrected chi connectivity index (χ0v) is 18.7. The van der Waals surface area contributed by atoms with Crippen molar-refractivity contribution in [1.29, 1.82) is 0 Å². The number of thiophene rings is 1. The summed E-state index contributed by atoms with van der Waals surface area (Å²) in [6.07, 6.45) is 1.95. The van der Waals surface area contributed by atoms with Crippen LogP contribution < -0.4 is 10.6 Å². The van der Waals surface area contributed by atoms with Crippen molar-refractivity contribution < 1.29 is 4.74 Å². The van der Waals surface area contributed by atoms with Gasteiger partial charge in [-0.2, -0.15) is 0 Å². The summed E-state index contributed by atoms with van der Waals surface area (Å²) in [6, 6.07) is 12.4. The highest BCUT2D eigenvalue weighted by atomic mass is 127. The third kappa shape index (κ3) is 5.58. The van der Waals surface area contributed by atoms with E-state index in [9.17, 15) is 0 Å². The van der Waals surface area contributed by atoms with E-state index in [1.54, 1.807) is 18.4 Å². The second-order valence-corrected chi connectivity index (χ2v) is 7.73. The standard InChI is InChI=1S/C19H24ClN3OS.HI/c1-21-18(22-13-17-6-3-11-25-17)23-14-19(7-9-24-10-8-19)15-4-2-5-16(20)12-15;/h2-6,11-12H,7-10,13-14H2,1H3,(H2,21,22,23);1H. The molecule has 1 aliphatic rings. The molecule has 3 rings (SSSR count). The number of hydrogen-bond acceptors (Lipinski definition) is 3. The molecular weight excluding hydrogens is 481 g/mol. The van der Waals surface area contributed by atoms with Gasteiger partial charge in [-0.15, -0.1) is 35.3 Å². The van der Waals surface area contributed by atoms with Gasteiger partial charge in [0.25, 0.3) is 0 Å². The summed E-state index contributed by atoms with van der Waals surface area (Å²) in [5.74, 6) is 0.821. The van der Waals surface area contributed by atoms with Crippen molar-refractivity contribution in [3.8, 4) is 0 Å². The van der Waals surface area contributed by atoms with Crippen molar-refractivity contribution >= 4 is 52.9 Å². The number of benzene rings is 1. The number of aliphatic imine (C=N–C) groups is 1. The monoisotopic (exact) mass is 505 g/mol. The number of guanidine groups is 1. The van der Waals surface area contributed by atoms with Gasteiger partial charge < -0.3 is 15.4 Å². The van der Waals surface area contributed by atoms with Gasteiger partial charge in [-0.05, 0) is 42.0 Å². The van der Waals surface area contributed by atoms with Gasteiger partial charge in [-0.25, -0.2) is 0 Å². The largest absolute Gasteiger partial charge is 0.381 e. The summed E-state index contributed by atoms with van der Waals surface area (Å²) >= 11 is 7.98. The highest BCUT2D eigenvalue weighted by Gasteiger charge is 2.34. The van der Waals surface area contributed by atoms with Crippen molar-refractivity contribution in [2.45, 2.75) is 24.8 Å². The summed E-state index contributed by atoms with van der Waals surface area (Å²) in [6.45, 7) is 3.14. The molecule has 0 unspecified atom stereocenters. The lowest BCUT2D eigenvalue weighted by Crippen LogP contribution is -2.47. The minimum atomic E-state index is 0. The van der Waals surface area contributed by atoms with Crippen LogP contribution in [0.15, 0.2) is 46.8 Å². The minimum Gasteiger partial charge on any atom is -0.381 e. The Morgan fingerprint density at radius 2 is 2.04 bits per heavy atom. The topological polar surface area (TPSA) is 45.7 Å². The van der Waals surface area contributed by atoms with Gasteiger partial charge in [0.2, 0.25) is 0 Å². The number of hydrogen-bond donors (Lipinski definition) is 2. The van der Waals surface area contributed by atoms with E-state index in [4.69, 9.17) is 16.3 Å². The Kier molecular flexibility index (Phi) is 8.66. The first-order valence-electron chi connectivity index (χ1n) is 8.53. The lowest BCUT2D eigenvalue weighted by atomic mass is 9.74. The molecule has 7 heteroatoms. The van der Waals surface area contributed by atoms with Crippen LogP contribution in [0.2, 0.25) is 5.02 Å². The summed E-state index contributed by atoms with van der Waals surface area (Å²) in [4.78, 5) is 5.65. The molecule has 1 aromatic heterocycles. The van der Waals surface area contributed by atoms with Crippen LogP contribution in [0.3, 0.4) is 0 Å². The zero-order valence-electron chi connectivity index (χ0n) is 14.8. The van der Waals surface area contributed by atoms with Crippen LogP contribution in [0.4, 0.5) is 0 Å². The fourth-order valence-electron chi connectivity index (χ4n) is 3.21. The lowest BCUT2D eigenvalue weighted by molar-refractivity contribution is 0.0514. The fourth-order valence-corrected chi connectivity index (χ4v) is 4.04. The van der Waals surface area contributed by atoms with E-state index in [2.05, 4.69) is 45.3 Å². The average molecular weight is 506 g/mol. The van der Waals surface area contributed by atoms with Crippen molar-refractivity contribution in [3.05, 3.63) is 57.2 Å². The second kappa shape index (κ2) is 10.5. The van der Waals surface area contributed by atoms with E-state index in [1.807, 2.05) is 12.1 Å². The molecule has 0 spiro atoms. The van der Waals surface area contributed by atoms with Gasteiger partial charge in [0.15, 0.2) is 5.96 Å². The summed E-state index contributed by atoms with van der Waals surface area (Å²) in [7, 11) is 1.81. The van der Waals surface area contributed by atoms with Crippen molar-refractivity contribution in [3.63, 3.8) is 0 Å². The Balaban J connectivity index is 0.00000243. The molecule has 0 radical (unpaired) electrons. The molecule has 2 heterocycles. The average Bonchev–Trinajstić information content (AvgIpc) is 3.16. The van der Waals surface area contributed by atoms with Crippen LogP contribution in [-0.2, 0) is 16.7 Å². The Morgan fingerprint density at radius 1 is 1.23 bits per heavy atom. The molecule has 0 aliphatic carbocycles. The Bertz CT molecular complexity index is 703. The van der Waals surface area contributed by atoms with Gasteiger partial charge in [0.05, 0.1) is 6.54 Å². The number of rotatable bonds is 5. The van der Waals surface area contributed by atoms with Gasteiger partial charge in [0.1, 0.15) is 0 Å². The number of ether oxygens (including phenoxy) is 1. The molecule has 0 atom stereocenters. The number of halogens is 2. The Labute approximate surface area is 181 Å². The summed E-state index contributed by atoms with van der Waals surface area (Å²) < 4.78 is 5.60. The maximum Gasteiger partial charge on any atom is 0.191 e. The molecule has 4 nitrogen and oxygen atoms in total. The lowest BCUT2D eigenvalue weighted by Gasteiger charge is -2.38. The first-order chi connectivity index (χ1) is 12.2. The van der Waals surface area contributed by atoms with Crippen LogP contribution in [0, 0.1) is 0 Å². The molecule has 1 aromatic carbocycles. The number of nitrogens with one attached hydrogen (secondary N) is 2. The Morgan fingerprint density at radius 3 is 2.69 bits per heavy atom. The van der Waals surface area contributed by atoms with Crippen LogP contribution in [0.25, 0.3) is 0 Å². The molecule has 26 heavy (non-hydrogen) atoms. The van der Waals surface area contributed by atoms with Crippen molar-refractivity contribution in [1.82, 2.24) is 10.6 Å². The van der Waals surface area contributed by atoms with E-state index < -0.39 is 0 Å². The first-order valence-corrected chi connectivity index (χ1v) is 9.78. The summed E-state index contributed by atoms with van der Waals surface area (Å²) in [5, 5.41) is 9.76. The quantitative estimate of drug-likeness (QED) is 0.359.